The maximum Gasteiger partial charge on any atom is 0.193 e. The molecule has 0 unspecified atom stereocenters. The van der Waals surface area contributed by atoms with Gasteiger partial charge in [0.15, 0.2) is 7.29 Å². The zero-order valence-electron chi connectivity index (χ0n) is 22.1. The SMILES string of the molecule is CN1[C@@H](c2ccccc2)[C@H]2C=Cc3ccccc3[C@@]2([C@@H](O)c2ccc(Cl)cc2)[P@]1(=O)c1cccc2ccccc12. The lowest BCUT2D eigenvalue weighted by atomic mass is 9.69. The summed E-state index contributed by atoms with van der Waals surface area (Å²) in [5, 5.41) is 14.9. The van der Waals surface area contributed by atoms with Crippen molar-refractivity contribution in [2.45, 2.75) is 17.3 Å². The molecule has 2 aliphatic rings. The Hall–Kier alpha value is -3.46. The van der Waals surface area contributed by atoms with E-state index in [2.05, 4.69) is 59.3 Å². The zero-order chi connectivity index (χ0) is 27.5. The lowest BCUT2D eigenvalue weighted by Crippen LogP contribution is -2.42. The lowest BCUT2D eigenvalue weighted by molar-refractivity contribution is 0.0981. The predicted molar refractivity (Wildman–Crippen MR) is 165 cm³/mol. The number of hydrogen-bond acceptors (Lipinski definition) is 2. The third-order valence-electron chi connectivity index (χ3n) is 8.91. The van der Waals surface area contributed by atoms with E-state index in [0.29, 0.717) is 10.6 Å². The number of nitrogens with zero attached hydrogens (tertiary/aromatic N) is 1. The van der Waals surface area contributed by atoms with Gasteiger partial charge < -0.3 is 9.67 Å². The fraction of sp³-hybridized carbons (Fsp3) is 0.143. The molecule has 0 bridgehead atoms. The van der Waals surface area contributed by atoms with Gasteiger partial charge in [0.2, 0.25) is 0 Å². The summed E-state index contributed by atoms with van der Waals surface area (Å²) in [4.78, 5) is 0. The van der Waals surface area contributed by atoms with E-state index in [-0.39, 0.29) is 12.0 Å². The van der Waals surface area contributed by atoms with Crippen molar-refractivity contribution in [2.24, 2.45) is 5.92 Å². The molecule has 5 atom stereocenters. The lowest BCUT2D eigenvalue weighted by Gasteiger charge is -2.46. The van der Waals surface area contributed by atoms with Crippen LogP contribution < -0.4 is 5.30 Å². The molecule has 1 saturated heterocycles. The average Bonchev–Trinajstić information content (AvgIpc) is 3.21. The van der Waals surface area contributed by atoms with Gasteiger partial charge in [-0.15, -0.1) is 0 Å². The summed E-state index contributed by atoms with van der Waals surface area (Å²) in [7, 11) is -1.63. The van der Waals surface area contributed by atoms with E-state index in [9.17, 15) is 5.11 Å². The fourth-order valence-electron chi connectivity index (χ4n) is 7.23. The van der Waals surface area contributed by atoms with Crippen molar-refractivity contribution < 1.29 is 9.67 Å². The molecule has 5 heteroatoms. The number of fused-ring (bicyclic) bond motifs is 4. The van der Waals surface area contributed by atoms with E-state index in [4.69, 9.17) is 11.6 Å². The van der Waals surface area contributed by atoms with Crippen LogP contribution in [0.1, 0.15) is 34.4 Å². The molecule has 0 aromatic heterocycles. The smallest absolute Gasteiger partial charge is 0.193 e. The van der Waals surface area contributed by atoms with Crippen molar-refractivity contribution in [3.05, 3.63) is 155 Å². The Kier molecular flexibility index (Phi) is 6.11. The monoisotopic (exact) mass is 561 g/mol. The maximum absolute atomic E-state index is 16.6. The summed E-state index contributed by atoms with van der Waals surface area (Å²) < 4.78 is 18.7. The molecule has 0 amide bonds. The molecule has 1 fully saturated rings. The van der Waals surface area contributed by atoms with Gasteiger partial charge in [0.05, 0.1) is 6.10 Å². The highest BCUT2D eigenvalue weighted by molar-refractivity contribution is 7.71. The molecule has 1 aliphatic heterocycles. The minimum atomic E-state index is -3.61. The highest BCUT2D eigenvalue weighted by Crippen LogP contribution is 2.81. The zero-order valence-corrected chi connectivity index (χ0v) is 23.7. The predicted octanol–water partition coefficient (Wildman–Crippen LogP) is 8.36. The van der Waals surface area contributed by atoms with Crippen molar-refractivity contribution >= 4 is 41.0 Å². The molecule has 3 nitrogen and oxygen atoms in total. The highest BCUT2D eigenvalue weighted by atomic mass is 35.5. The topological polar surface area (TPSA) is 40.5 Å². The summed E-state index contributed by atoms with van der Waals surface area (Å²) >= 11 is 6.28. The molecule has 5 aromatic rings. The molecule has 198 valence electrons. The van der Waals surface area contributed by atoms with Crippen molar-refractivity contribution in [1.82, 2.24) is 4.67 Å². The molecule has 0 spiro atoms. The minimum Gasteiger partial charge on any atom is -0.387 e. The van der Waals surface area contributed by atoms with Gasteiger partial charge in [-0.3, -0.25) is 0 Å². The first-order valence-electron chi connectivity index (χ1n) is 13.6. The Bertz CT molecular complexity index is 1800. The quantitative estimate of drug-likeness (QED) is 0.224. The Labute approximate surface area is 239 Å². The van der Waals surface area contributed by atoms with Crippen molar-refractivity contribution in [1.29, 1.82) is 0 Å². The molecule has 1 N–H and O–H groups in total. The normalized spacial score (nSPS) is 26.4. The van der Waals surface area contributed by atoms with Crippen LogP contribution in [0.2, 0.25) is 5.02 Å². The van der Waals surface area contributed by atoms with E-state index in [1.807, 2.05) is 73.8 Å². The van der Waals surface area contributed by atoms with E-state index >= 15 is 4.57 Å². The number of benzene rings is 5. The van der Waals surface area contributed by atoms with E-state index in [0.717, 1.165) is 32.8 Å². The summed E-state index contributed by atoms with van der Waals surface area (Å²) in [5.41, 5.74) is 3.66. The summed E-state index contributed by atoms with van der Waals surface area (Å²) in [5.74, 6) is -0.273. The van der Waals surface area contributed by atoms with Crippen molar-refractivity contribution in [2.75, 3.05) is 7.05 Å². The van der Waals surface area contributed by atoms with Crippen LogP contribution >= 0.6 is 18.9 Å². The van der Waals surface area contributed by atoms with Gasteiger partial charge in [0.1, 0.15) is 5.16 Å². The Morgan fingerprint density at radius 3 is 2.30 bits per heavy atom. The molecule has 1 aliphatic carbocycles. The standard InChI is InChI=1S/C35H29ClNO2P/c1-37-33(26-12-3-2-4-13-26)31-23-20-25-11-6-8-16-30(25)35(31,34(38)27-18-21-28(36)22-19-27)40(37,39)32-17-9-14-24-10-5-7-15-29(24)32/h2-23,31,33-34,38H,1H3/t31-,33+,34+,35-,40-/m1/s1. The van der Waals surface area contributed by atoms with E-state index in [1.54, 1.807) is 12.1 Å². The van der Waals surface area contributed by atoms with Crippen LogP contribution in [0, 0.1) is 5.92 Å². The van der Waals surface area contributed by atoms with Crippen LogP contribution in [0.25, 0.3) is 16.8 Å². The van der Waals surface area contributed by atoms with Crippen LogP contribution in [-0.2, 0) is 9.72 Å². The summed E-state index contributed by atoms with van der Waals surface area (Å²) in [6.07, 6.45) is 3.25. The Balaban J connectivity index is 1.63. The molecule has 7 rings (SSSR count). The molecular weight excluding hydrogens is 533 g/mol. The Morgan fingerprint density at radius 2 is 1.50 bits per heavy atom. The molecule has 1 heterocycles. The van der Waals surface area contributed by atoms with Crippen LogP contribution in [0.5, 0.6) is 0 Å². The number of aliphatic hydroxyl groups is 1. The van der Waals surface area contributed by atoms with E-state index in [1.165, 1.54) is 0 Å². The van der Waals surface area contributed by atoms with Crippen LogP contribution in [0.3, 0.4) is 0 Å². The largest absolute Gasteiger partial charge is 0.387 e. The first-order valence-corrected chi connectivity index (χ1v) is 15.6. The van der Waals surface area contributed by atoms with Crippen molar-refractivity contribution in [3.8, 4) is 0 Å². The van der Waals surface area contributed by atoms with Crippen molar-refractivity contribution in [3.63, 3.8) is 0 Å². The van der Waals surface area contributed by atoms with Gasteiger partial charge in [-0.2, -0.15) is 0 Å². The number of rotatable bonds is 4. The number of aliphatic hydroxyl groups excluding tert-OH is 1. The second-order valence-electron chi connectivity index (χ2n) is 10.8. The second kappa shape index (κ2) is 9.58. The highest BCUT2D eigenvalue weighted by Gasteiger charge is 2.70. The van der Waals surface area contributed by atoms with Gasteiger partial charge >= 0.3 is 0 Å². The number of halogens is 1. The van der Waals surface area contributed by atoms with Gasteiger partial charge in [-0.25, -0.2) is 4.67 Å². The van der Waals surface area contributed by atoms with Crippen LogP contribution in [0.4, 0.5) is 0 Å². The van der Waals surface area contributed by atoms with Crippen LogP contribution in [0.15, 0.2) is 127 Å². The van der Waals surface area contributed by atoms with Crippen LogP contribution in [-0.4, -0.2) is 16.8 Å². The first-order chi connectivity index (χ1) is 19.5. The third kappa shape index (κ3) is 3.42. The molecular formula is C35H29ClNO2P. The second-order valence-corrected chi connectivity index (χ2v) is 14.2. The molecule has 0 saturated carbocycles. The maximum atomic E-state index is 16.6. The minimum absolute atomic E-state index is 0.224. The van der Waals surface area contributed by atoms with Gasteiger partial charge in [-0.1, -0.05) is 127 Å². The van der Waals surface area contributed by atoms with Gasteiger partial charge in [-0.05, 0) is 58.3 Å². The summed E-state index contributed by atoms with van der Waals surface area (Å²) in [6, 6.07) is 39.7. The van der Waals surface area contributed by atoms with Gasteiger partial charge in [0.25, 0.3) is 0 Å². The number of hydrogen-bond donors (Lipinski definition) is 1. The summed E-state index contributed by atoms with van der Waals surface area (Å²) in [6.45, 7) is 0. The fourth-order valence-corrected chi connectivity index (χ4v) is 11.7. The Morgan fingerprint density at radius 1 is 0.825 bits per heavy atom. The molecule has 0 radical (unpaired) electrons. The molecule has 5 aromatic carbocycles. The average molecular weight is 562 g/mol. The third-order valence-corrected chi connectivity index (χ3v) is 13.1. The first kappa shape index (κ1) is 25.5. The molecule has 40 heavy (non-hydrogen) atoms. The van der Waals surface area contributed by atoms with E-state index < -0.39 is 18.6 Å². The van der Waals surface area contributed by atoms with Gasteiger partial charge in [0, 0.05) is 22.3 Å².